The first-order valence-electron chi connectivity index (χ1n) is 9.32. The largest absolute Gasteiger partial charge is 0.454 e. The van der Waals surface area contributed by atoms with E-state index < -0.39 is 0 Å². The monoisotopic (exact) mass is 384 g/mol. The molecule has 29 heavy (non-hydrogen) atoms. The Bertz CT molecular complexity index is 1230. The lowest BCUT2D eigenvalue weighted by Gasteiger charge is -2.19. The Labute approximate surface area is 168 Å². The topological polar surface area (TPSA) is 76.4 Å². The number of fused-ring (bicyclic) bond motifs is 2. The van der Waals surface area contributed by atoms with E-state index in [4.69, 9.17) is 15.2 Å². The molecule has 1 aliphatic heterocycles. The second-order valence-electron chi connectivity index (χ2n) is 6.94. The van der Waals surface area contributed by atoms with Crippen LogP contribution >= 0.6 is 0 Å². The summed E-state index contributed by atoms with van der Waals surface area (Å²) in [6, 6.07) is 20.0. The van der Waals surface area contributed by atoms with Crippen molar-refractivity contribution in [2.75, 3.05) is 24.5 Å². The van der Waals surface area contributed by atoms with E-state index in [1.54, 1.807) is 0 Å². The number of nitrogens with two attached hydrogens (primary N) is 1. The SMILES string of the molecule is CN(c1cccc(N)c1)c1ccc2c(/C=C/c3ccc4c(c3)OCO4)n[nH]c2c1. The Balaban J connectivity index is 1.42. The molecule has 0 fully saturated rings. The molecule has 0 saturated carbocycles. The van der Waals surface area contributed by atoms with E-state index in [2.05, 4.69) is 33.3 Å². The molecule has 0 spiro atoms. The molecule has 0 amide bonds. The van der Waals surface area contributed by atoms with Gasteiger partial charge in [-0.05, 0) is 60.2 Å². The average molecular weight is 384 g/mol. The van der Waals surface area contributed by atoms with Crippen molar-refractivity contribution in [3.05, 3.63) is 71.9 Å². The first-order chi connectivity index (χ1) is 14.2. The fourth-order valence-electron chi connectivity index (χ4n) is 3.44. The van der Waals surface area contributed by atoms with Gasteiger partial charge < -0.3 is 20.1 Å². The third-order valence-corrected chi connectivity index (χ3v) is 5.05. The van der Waals surface area contributed by atoms with Gasteiger partial charge >= 0.3 is 0 Å². The zero-order valence-electron chi connectivity index (χ0n) is 15.9. The van der Waals surface area contributed by atoms with Gasteiger partial charge in [0.2, 0.25) is 6.79 Å². The second-order valence-corrected chi connectivity index (χ2v) is 6.94. The Morgan fingerprint density at radius 2 is 1.83 bits per heavy atom. The highest BCUT2D eigenvalue weighted by Crippen LogP contribution is 2.33. The van der Waals surface area contributed by atoms with Gasteiger partial charge in [-0.15, -0.1) is 0 Å². The minimum Gasteiger partial charge on any atom is -0.454 e. The number of anilines is 3. The van der Waals surface area contributed by atoms with E-state index in [0.29, 0.717) is 0 Å². The second kappa shape index (κ2) is 6.91. The maximum atomic E-state index is 5.91. The minimum atomic E-state index is 0.277. The molecule has 0 unspecified atom stereocenters. The van der Waals surface area contributed by atoms with E-state index in [9.17, 15) is 0 Å². The third-order valence-electron chi connectivity index (χ3n) is 5.05. The van der Waals surface area contributed by atoms with Crippen LogP contribution in [0.3, 0.4) is 0 Å². The molecular weight excluding hydrogens is 364 g/mol. The molecule has 1 aromatic heterocycles. The van der Waals surface area contributed by atoms with Crippen LogP contribution in [0.25, 0.3) is 23.1 Å². The molecule has 5 rings (SSSR count). The van der Waals surface area contributed by atoms with Gasteiger partial charge in [-0.25, -0.2) is 0 Å². The molecule has 4 aromatic rings. The molecule has 0 saturated heterocycles. The molecule has 6 heteroatoms. The van der Waals surface area contributed by atoms with Crippen LogP contribution in [0, 0.1) is 0 Å². The van der Waals surface area contributed by atoms with Gasteiger partial charge in [-0.3, -0.25) is 5.10 Å². The summed E-state index contributed by atoms with van der Waals surface area (Å²) in [7, 11) is 2.02. The summed E-state index contributed by atoms with van der Waals surface area (Å²) in [5, 5.41) is 8.65. The van der Waals surface area contributed by atoms with Crippen molar-refractivity contribution < 1.29 is 9.47 Å². The van der Waals surface area contributed by atoms with Crippen LogP contribution in [0.4, 0.5) is 17.1 Å². The standard InChI is InChI=1S/C23H20N4O2/c1-27(17-4-2-3-16(24)12-17)18-7-8-19-20(25-26-21(19)13-18)9-5-15-6-10-22-23(11-15)29-14-28-22/h2-13H,14,24H2,1H3,(H,25,26)/b9-5+. The quantitative estimate of drug-likeness (QED) is 0.494. The smallest absolute Gasteiger partial charge is 0.231 e. The lowest BCUT2D eigenvalue weighted by molar-refractivity contribution is 0.174. The van der Waals surface area contributed by atoms with Gasteiger partial charge in [0.25, 0.3) is 0 Å². The number of hydrogen-bond acceptors (Lipinski definition) is 5. The minimum absolute atomic E-state index is 0.277. The maximum Gasteiger partial charge on any atom is 0.231 e. The molecule has 3 aromatic carbocycles. The number of aromatic nitrogens is 2. The first-order valence-corrected chi connectivity index (χ1v) is 9.32. The Kier molecular flexibility index (Phi) is 4.09. The van der Waals surface area contributed by atoms with Gasteiger partial charge in [0.05, 0.1) is 11.2 Å². The lowest BCUT2D eigenvalue weighted by atomic mass is 10.1. The summed E-state index contributed by atoms with van der Waals surface area (Å²) in [5.74, 6) is 1.55. The van der Waals surface area contributed by atoms with Gasteiger partial charge in [0.1, 0.15) is 0 Å². The summed E-state index contributed by atoms with van der Waals surface area (Å²) in [4.78, 5) is 2.10. The van der Waals surface area contributed by atoms with Crippen molar-refractivity contribution in [3.63, 3.8) is 0 Å². The number of H-pyrrole nitrogens is 1. The fraction of sp³-hybridized carbons (Fsp3) is 0.0870. The molecule has 6 nitrogen and oxygen atoms in total. The van der Waals surface area contributed by atoms with Gasteiger partial charge in [0, 0.05) is 29.5 Å². The fourth-order valence-corrected chi connectivity index (χ4v) is 3.44. The predicted molar refractivity (Wildman–Crippen MR) is 117 cm³/mol. The van der Waals surface area contributed by atoms with Crippen LogP contribution in [0.5, 0.6) is 11.5 Å². The lowest BCUT2D eigenvalue weighted by Crippen LogP contribution is -2.09. The normalized spacial score (nSPS) is 12.7. The molecule has 0 atom stereocenters. The molecule has 1 aliphatic rings. The highest BCUT2D eigenvalue weighted by atomic mass is 16.7. The van der Waals surface area contributed by atoms with Crippen molar-refractivity contribution in [1.29, 1.82) is 0 Å². The number of hydrogen-bond donors (Lipinski definition) is 2. The van der Waals surface area contributed by atoms with Gasteiger partial charge in [-0.2, -0.15) is 5.10 Å². The highest BCUT2D eigenvalue weighted by molar-refractivity contribution is 5.92. The summed E-state index contributed by atoms with van der Waals surface area (Å²) in [5.41, 5.74) is 11.6. The van der Waals surface area contributed by atoms with Crippen LogP contribution < -0.4 is 20.1 Å². The van der Waals surface area contributed by atoms with Crippen LogP contribution in [0.1, 0.15) is 11.3 Å². The maximum absolute atomic E-state index is 5.91. The summed E-state index contributed by atoms with van der Waals surface area (Å²) >= 11 is 0. The van der Waals surface area contributed by atoms with E-state index in [-0.39, 0.29) is 6.79 Å². The van der Waals surface area contributed by atoms with E-state index in [0.717, 1.165) is 50.7 Å². The number of benzene rings is 3. The molecule has 3 N–H and O–H groups in total. The van der Waals surface area contributed by atoms with Crippen LogP contribution in [0.15, 0.2) is 60.7 Å². The number of ether oxygens (including phenoxy) is 2. The van der Waals surface area contributed by atoms with Crippen LogP contribution in [-0.4, -0.2) is 24.0 Å². The van der Waals surface area contributed by atoms with Crippen molar-refractivity contribution in [1.82, 2.24) is 10.2 Å². The Hall–Kier alpha value is -3.93. The van der Waals surface area contributed by atoms with Crippen molar-refractivity contribution >= 4 is 40.1 Å². The molecule has 0 radical (unpaired) electrons. The van der Waals surface area contributed by atoms with Crippen molar-refractivity contribution in [2.45, 2.75) is 0 Å². The highest BCUT2D eigenvalue weighted by Gasteiger charge is 2.12. The molecule has 144 valence electrons. The van der Waals surface area contributed by atoms with Crippen LogP contribution in [0.2, 0.25) is 0 Å². The Morgan fingerprint density at radius 3 is 2.72 bits per heavy atom. The van der Waals surface area contributed by atoms with Gasteiger partial charge in [-0.1, -0.05) is 18.2 Å². The number of aromatic amines is 1. The van der Waals surface area contributed by atoms with Gasteiger partial charge in [0.15, 0.2) is 11.5 Å². The summed E-state index contributed by atoms with van der Waals surface area (Å²) in [6.45, 7) is 0.277. The predicted octanol–water partition coefficient (Wildman–Crippen LogP) is 4.81. The van der Waals surface area contributed by atoms with Crippen molar-refractivity contribution in [2.24, 2.45) is 0 Å². The average Bonchev–Trinajstić information content (AvgIpc) is 3.37. The molecule has 2 heterocycles. The molecule has 0 aliphatic carbocycles. The summed E-state index contributed by atoms with van der Waals surface area (Å²) in [6.07, 6.45) is 4.02. The van der Waals surface area contributed by atoms with E-state index >= 15 is 0 Å². The molecule has 0 bridgehead atoms. The third kappa shape index (κ3) is 3.25. The zero-order chi connectivity index (χ0) is 19.8. The number of nitrogens with one attached hydrogen (secondary N) is 1. The van der Waals surface area contributed by atoms with Crippen LogP contribution in [-0.2, 0) is 0 Å². The first kappa shape index (κ1) is 17.2. The van der Waals surface area contributed by atoms with E-state index in [1.165, 1.54) is 0 Å². The number of nitrogens with zero attached hydrogens (tertiary/aromatic N) is 2. The molecular formula is C23H20N4O2. The number of rotatable bonds is 4. The Morgan fingerprint density at radius 1 is 0.966 bits per heavy atom. The summed E-state index contributed by atoms with van der Waals surface area (Å²) < 4.78 is 10.8. The van der Waals surface area contributed by atoms with Crippen molar-refractivity contribution in [3.8, 4) is 11.5 Å². The number of nitrogen functional groups attached to an aromatic ring is 1. The zero-order valence-corrected chi connectivity index (χ0v) is 15.9. The van der Waals surface area contributed by atoms with E-state index in [1.807, 2.05) is 61.7 Å².